The predicted molar refractivity (Wildman–Crippen MR) is 133 cm³/mol. The first-order valence-corrected chi connectivity index (χ1v) is 16.3. The van der Waals surface area contributed by atoms with Crippen molar-refractivity contribution in [2.24, 2.45) is 34.5 Å². The minimum absolute atomic E-state index is 0.0286. The van der Waals surface area contributed by atoms with Crippen LogP contribution in [0.1, 0.15) is 59.8 Å². The Morgan fingerprint density at radius 1 is 1.09 bits per heavy atom. The number of allylic oxidation sites excluding steroid dienone is 3. The Labute approximate surface area is 207 Å². The zero-order valence-electron chi connectivity index (χ0n) is 20.4. The number of hydrogen-bond acceptors (Lipinski definition) is 6. The Bertz CT molecular complexity index is 1080. The topological polar surface area (TPSA) is 86.7 Å². The summed E-state index contributed by atoms with van der Waals surface area (Å²) < 4.78 is 60.8. The molecule has 9 atom stereocenters. The number of alkyl halides is 1. The summed E-state index contributed by atoms with van der Waals surface area (Å²) in [6.07, 6.45) is 11.0. The second-order valence-electron chi connectivity index (χ2n) is 11.2. The SMILES string of the molecule is CC[C@H]1[C@H](C)C[C@H]2[C@@H]3[C@@H](OS(C)(=O)=O)[C@@H](OS(C)(=O)=O)C4=CCC=C[C@]4(C)[C@@]3(Br)CC[C@@]21C. The zero-order valence-corrected chi connectivity index (χ0v) is 23.6. The maximum atomic E-state index is 12.5. The molecule has 33 heavy (non-hydrogen) atoms. The van der Waals surface area contributed by atoms with Gasteiger partial charge >= 0.3 is 0 Å². The van der Waals surface area contributed by atoms with E-state index in [1.54, 1.807) is 0 Å². The maximum absolute atomic E-state index is 12.5. The van der Waals surface area contributed by atoms with Crippen LogP contribution in [-0.4, -0.2) is 45.9 Å². The Morgan fingerprint density at radius 2 is 1.73 bits per heavy atom. The van der Waals surface area contributed by atoms with Crippen molar-refractivity contribution < 1.29 is 25.2 Å². The van der Waals surface area contributed by atoms with E-state index in [0.717, 1.165) is 43.8 Å². The molecule has 3 fully saturated rings. The molecule has 0 saturated heterocycles. The van der Waals surface area contributed by atoms with Gasteiger partial charge in [0.1, 0.15) is 12.2 Å². The van der Waals surface area contributed by atoms with E-state index in [1.165, 1.54) is 0 Å². The molecule has 0 aliphatic heterocycles. The number of fused-ring (bicyclic) bond motifs is 5. The van der Waals surface area contributed by atoms with Gasteiger partial charge in [-0.05, 0) is 54.4 Å². The fraction of sp³-hybridized carbons (Fsp3) is 0.833. The van der Waals surface area contributed by atoms with Crippen molar-refractivity contribution in [2.75, 3.05) is 12.5 Å². The fourth-order valence-corrected chi connectivity index (χ4v) is 10.5. The second kappa shape index (κ2) is 8.15. The van der Waals surface area contributed by atoms with Crippen LogP contribution in [0.5, 0.6) is 0 Å². The summed E-state index contributed by atoms with van der Waals surface area (Å²) in [6, 6.07) is 0. The summed E-state index contributed by atoms with van der Waals surface area (Å²) in [6.45, 7) is 9.00. The fourth-order valence-electron chi connectivity index (χ4n) is 8.16. The lowest BCUT2D eigenvalue weighted by molar-refractivity contribution is -0.100. The highest BCUT2D eigenvalue weighted by molar-refractivity contribution is 9.10. The molecule has 0 unspecified atom stereocenters. The predicted octanol–water partition coefficient (Wildman–Crippen LogP) is 4.81. The van der Waals surface area contributed by atoms with Gasteiger partial charge in [-0.2, -0.15) is 16.8 Å². The van der Waals surface area contributed by atoms with E-state index in [9.17, 15) is 16.8 Å². The van der Waals surface area contributed by atoms with Crippen LogP contribution in [0.2, 0.25) is 0 Å². The maximum Gasteiger partial charge on any atom is 0.265 e. The second-order valence-corrected chi connectivity index (χ2v) is 15.8. The first kappa shape index (κ1) is 25.9. The van der Waals surface area contributed by atoms with Gasteiger partial charge in [-0.1, -0.05) is 68.3 Å². The lowest BCUT2D eigenvalue weighted by Gasteiger charge is -2.64. The summed E-state index contributed by atoms with van der Waals surface area (Å²) in [5.74, 6) is 0.970. The molecule has 0 N–H and O–H groups in total. The van der Waals surface area contributed by atoms with Gasteiger partial charge in [0.25, 0.3) is 20.2 Å². The number of hydrogen-bond donors (Lipinski definition) is 0. The van der Waals surface area contributed by atoms with Crippen LogP contribution in [0.3, 0.4) is 0 Å². The average Bonchev–Trinajstić information content (AvgIpc) is 2.93. The first-order chi connectivity index (χ1) is 15.1. The quantitative estimate of drug-likeness (QED) is 0.270. The van der Waals surface area contributed by atoms with E-state index in [4.69, 9.17) is 8.37 Å². The molecule has 4 aliphatic rings. The molecule has 0 spiro atoms. The smallest absolute Gasteiger partial charge is 0.263 e. The van der Waals surface area contributed by atoms with Crippen molar-refractivity contribution >= 4 is 36.2 Å². The normalized spacial score (nSPS) is 47.4. The van der Waals surface area contributed by atoms with Crippen molar-refractivity contribution in [2.45, 2.75) is 76.3 Å². The van der Waals surface area contributed by atoms with Gasteiger partial charge in [0.15, 0.2) is 0 Å². The molecule has 9 heteroatoms. The molecular formula is C24H37BrO6S2. The van der Waals surface area contributed by atoms with Crippen LogP contribution in [-0.2, 0) is 28.6 Å². The molecule has 0 heterocycles. The molecule has 0 aromatic rings. The van der Waals surface area contributed by atoms with Crippen LogP contribution in [0, 0.1) is 34.5 Å². The van der Waals surface area contributed by atoms with Crippen LogP contribution in [0.4, 0.5) is 0 Å². The summed E-state index contributed by atoms with van der Waals surface area (Å²) >= 11 is 4.18. The Morgan fingerprint density at radius 3 is 2.30 bits per heavy atom. The zero-order chi connectivity index (χ0) is 24.6. The van der Waals surface area contributed by atoms with Gasteiger partial charge in [-0.15, -0.1) is 0 Å². The van der Waals surface area contributed by atoms with Crippen molar-refractivity contribution in [3.63, 3.8) is 0 Å². The molecule has 0 radical (unpaired) electrons. The van der Waals surface area contributed by atoms with Gasteiger partial charge in [-0.25, -0.2) is 0 Å². The third-order valence-electron chi connectivity index (χ3n) is 9.35. The summed E-state index contributed by atoms with van der Waals surface area (Å²) in [5.41, 5.74) is 0.303. The average molecular weight is 566 g/mol. The Hall–Kier alpha value is -0.220. The van der Waals surface area contributed by atoms with Gasteiger partial charge in [0.2, 0.25) is 0 Å². The molecule has 3 saturated carbocycles. The Balaban J connectivity index is 1.95. The van der Waals surface area contributed by atoms with Gasteiger partial charge in [0.05, 0.1) is 12.5 Å². The minimum atomic E-state index is -3.87. The van der Waals surface area contributed by atoms with Crippen molar-refractivity contribution in [1.29, 1.82) is 0 Å². The molecule has 0 aromatic carbocycles. The molecule has 6 nitrogen and oxygen atoms in total. The molecule has 0 amide bonds. The van der Waals surface area contributed by atoms with E-state index >= 15 is 0 Å². The molecular weight excluding hydrogens is 528 g/mol. The largest absolute Gasteiger partial charge is 0.265 e. The van der Waals surface area contributed by atoms with Crippen LogP contribution >= 0.6 is 15.9 Å². The summed E-state index contributed by atoms with van der Waals surface area (Å²) in [7, 11) is -7.74. The van der Waals surface area contributed by atoms with Gasteiger partial charge in [0, 0.05) is 15.7 Å². The van der Waals surface area contributed by atoms with Crippen molar-refractivity contribution in [3.05, 3.63) is 23.8 Å². The van der Waals surface area contributed by atoms with Crippen LogP contribution < -0.4 is 0 Å². The highest BCUT2D eigenvalue weighted by atomic mass is 79.9. The number of rotatable bonds is 5. The van der Waals surface area contributed by atoms with E-state index in [1.807, 2.05) is 6.08 Å². The summed E-state index contributed by atoms with van der Waals surface area (Å²) in [4.78, 5) is 0. The molecule has 4 aliphatic carbocycles. The highest BCUT2D eigenvalue weighted by Gasteiger charge is 2.71. The molecule has 188 valence electrons. The Kier molecular flexibility index (Phi) is 6.39. The van der Waals surface area contributed by atoms with Crippen molar-refractivity contribution in [3.8, 4) is 0 Å². The third-order valence-corrected chi connectivity index (χ3v) is 12.2. The van der Waals surface area contributed by atoms with Gasteiger partial charge in [-0.3, -0.25) is 8.37 Å². The minimum Gasteiger partial charge on any atom is -0.263 e. The highest BCUT2D eigenvalue weighted by Crippen LogP contribution is 2.72. The van der Waals surface area contributed by atoms with E-state index < -0.39 is 42.2 Å². The van der Waals surface area contributed by atoms with Crippen LogP contribution in [0.25, 0.3) is 0 Å². The monoisotopic (exact) mass is 564 g/mol. The van der Waals surface area contributed by atoms with E-state index in [2.05, 4.69) is 55.8 Å². The number of halogens is 1. The molecule has 0 aromatic heterocycles. The third kappa shape index (κ3) is 4.02. The lowest BCUT2D eigenvalue weighted by atomic mass is 9.46. The molecule has 0 bridgehead atoms. The lowest BCUT2D eigenvalue weighted by Crippen LogP contribution is -2.68. The van der Waals surface area contributed by atoms with Crippen molar-refractivity contribution in [1.82, 2.24) is 0 Å². The van der Waals surface area contributed by atoms with E-state index in [-0.39, 0.29) is 17.3 Å². The van der Waals surface area contributed by atoms with E-state index in [0.29, 0.717) is 18.3 Å². The first-order valence-electron chi connectivity index (χ1n) is 11.9. The van der Waals surface area contributed by atoms with Crippen LogP contribution in [0.15, 0.2) is 23.8 Å². The van der Waals surface area contributed by atoms with Gasteiger partial charge < -0.3 is 0 Å². The summed E-state index contributed by atoms with van der Waals surface area (Å²) in [5, 5.41) is 0. The standard InChI is InChI=1S/C24H37BrO6S2/c1-7-16-15(2)14-18-19-21(31-33(6,28)29)20(30-32(5,26)27)17-10-8-9-11-23(17,4)24(19,25)13-12-22(16,18)3/h9-11,15-16,18-21H,7-8,12-14H2,1-6H3/t15-,16+,18+,19-,20+,21-,22-,23+,24-/m1/s1. The molecule has 4 rings (SSSR count).